The second kappa shape index (κ2) is 8.46. The number of pyridine rings is 1. The smallest absolute Gasteiger partial charge is 0.273 e. The van der Waals surface area contributed by atoms with E-state index in [1.165, 1.54) is 12.3 Å². The third kappa shape index (κ3) is 4.01. The molecule has 0 aliphatic rings. The van der Waals surface area contributed by atoms with Crippen molar-refractivity contribution in [2.24, 2.45) is 0 Å². The molecule has 2 heterocycles. The molecule has 0 atom stereocenters. The van der Waals surface area contributed by atoms with E-state index in [4.69, 9.17) is 28.9 Å². The Labute approximate surface area is 159 Å². The van der Waals surface area contributed by atoms with Crippen molar-refractivity contribution in [1.29, 1.82) is 0 Å². The Balaban J connectivity index is 2.60. The Kier molecular flexibility index (Phi) is 6.32. The van der Waals surface area contributed by atoms with Gasteiger partial charge in [-0.2, -0.15) is 0 Å². The van der Waals surface area contributed by atoms with Gasteiger partial charge in [-0.1, -0.05) is 35.9 Å². The Morgan fingerprint density at radius 1 is 1.42 bits per heavy atom. The number of nitrogen functional groups attached to an aromatic ring is 1. The van der Waals surface area contributed by atoms with Crippen LogP contribution in [0.25, 0.3) is 5.70 Å². The van der Waals surface area contributed by atoms with Crippen LogP contribution in [-0.4, -0.2) is 20.4 Å². The van der Waals surface area contributed by atoms with Crippen LogP contribution in [0.2, 0.25) is 0 Å². The third-order valence-electron chi connectivity index (χ3n) is 3.27. The van der Waals surface area contributed by atoms with Crippen LogP contribution in [0.5, 0.6) is 0 Å². The number of carbonyl (C=O) groups excluding carboxylic acids is 1. The molecule has 3 N–H and O–H groups in total. The lowest BCUT2D eigenvalue weighted by Gasteiger charge is -2.13. The van der Waals surface area contributed by atoms with Crippen LogP contribution < -0.4 is 16.6 Å². The summed E-state index contributed by atoms with van der Waals surface area (Å²) in [6.07, 6.45) is 6.99. The quantitative estimate of drug-likeness (QED) is 0.761. The lowest BCUT2D eigenvalue weighted by atomic mass is 10.2. The first kappa shape index (κ1) is 19.4. The zero-order valence-corrected chi connectivity index (χ0v) is 15.3. The van der Waals surface area contributed by atoms with Crippen LogP contribution in [0.1, 0.15) is 17.3 Å². The number of allylic oxidation sites excluding steroid dienone is 5. The summed E-state index contributed by atoms with van der Waals surface area (Å²) >= 11 is 12.3. The number of carbonyl (C=O) groups is 1. The number of rotatable bonds is 5. The van der Waals surface area contributed by atoms with Gasteiger partial charge >= 0.3 is 0 Å². The summed E-state index contributed by atoms with van der Waals surface area (Å²) in [6, 6.07) is 3.25. The summed E-state index contributed by atoms with van der Waals surface area (Å²) in [6.45, 7) is 5.23. The van der Waals surface area contributed by atoms with E-state index in [1.54, 1.807) is 31.3 Å². The number of nitrogens with zero attached hydrogens (tertiary/aromatic N) is 3. The van der Waals surface area contributed by atoms with Crippen LogP contribution in [-0.2, 0) is 0 Å². The number of amides is 1. The topological polar surface area (TPSA) is 103 Å². The lowest BCUT2D eigenvalue weighted by molar-refractivity contribution is 0.102. The first-order valence-corrected chi connectivity index (χ1v) is 8.09. The zero-order chi connectivity index (χ0) is 19.3. The number of anilines is 2. The average Bonchev–Trinajstić information content (AvgIpc) is 2.64. The van der Waals surface area contributed by atoms with Crippen molar-refractivity contribution in [3.63, 3.8) is 0 Å². The molecule has 0 saturated carbocycles. The van der Waals surface area contributed by atoms with Gasteiger partial charge < -0.3 is 11.1 Å². The molecule has 2 aromatic rings. The highest BCUT2D eigenvalue weighted by molar-refractivity contribution is 6.41. The molecule has 134 valence electrons. The minimum atomic E-state index is -0.729. The molecule has 0 aliphatic carbocycles. The highest BCUT2D eigenvalue weighted by Crippen LogP contribution is 2.26. The molecular formula is C17H15Cl2N5O2. The number of hydrogen-bond donors (Lipinski definition) is 2. The second-order valence-corrected chi connectivity index (χ2v) is 5.73. The van der Waals surface area contributed by atoms with Gasteiger partial charge in [-0.05, 0) is 25.1 Å². The molecule has 0 radical (unpaired) electrons. The van der Waals surface area contributed by atoms with E-state index in [-0.39, 0.29) is 27.1 Å². The summed E-state index contributed by atoms with van der Waals surface area (Å²) in [7, 11) is 0. The summed E-state index contributed by atoms with van der Waals surface area (Å²) in [5.41, 5.74) is 5.21. The lowest BCUT2D eigenvalue weighted by Crippen LogP contribution is -2.31. The van der Waals surface area contributed by atoms with Gasteiger partial charge in [-0.15, -0.1) is 0 Å². The van der Waals surface area contributed by atoms with Gasteiger partial charge in [0, 0.05) is 6.20 Å². The minimum Gasteiger partial charge on any atom is -0.383 e. The normalized spacial score (nSPS) is 12.3. The fraction of sp³-hybridized carbons (Fsp3) is 0.0588. The van der Waals surface area contributed by atoms with Crippen molar-refractivity contribution >= 4 is 46.3 Å². The first-order chi connectivity index (χ1) is 12.4. The van der Waals surface area contributed by atoms with Crippen molar-refractivity contribution in [2.75, 3.05) is 11.1 Å². The maximum absolute atomic E-state index is 12.9. The summed E-state index contributed by atoms with van der Waals surface area (Å²) in [4.78, 5) is 33.2. The Bertz CT molecular complexity index is 965. The average molecular weight is 392 g/mol. The van der Waals surface area contributed by atoms with Crippen molar-refractivity contribution in [3.05, 3.63) is 75.6 Å². The fourth-order valence-electron chi connectivity index (χ4n) is 2.05. The Morgan fingerprint density at radius 2 is 2.15 bits per heavy atom. The van der Waals surface area contributed by atoms with Crippen molar-refractivity contribution in [2.45, 2.75) is 6.92 Å². The molecule has 0 bridgehead atoms. The van der Waals surface area contributed by atoms with Crippen molar-refractivity contribution < 1.29 is 4.79 Å². The summed E-state index contributed by atoms with van der Waals surface area (Å²) in [5, 5.41) is 2.83. The van der Waals surface area contributed by atoms with E-state index in [0.717, 1.165) is 10.9 Å². The Hall–Kier alpha value is -2.90. The van der Waals surface area contributed by atoms with Crippen LogP contribution in [0.4, 0.5) is 11.5 Å². The molecule has 2 rings (SSSR count). The van der Waals surface area contributed by atoms with Gasteiger partial charge in [-0.3, -0.25) is 19.1 Å². The number of nitrogens with one attached hydrogen (secondary N) is 1. The monoisotopic (exact) mass is 391 g/mol. The maximum atomic E-state index is 12.9. The van der Waals surface area contributed by atoms with Crippen LogP contribution in [0.3, 0.4) is 0 Å². The molecule has 7 nitrogen and oxygen atoms in total. The highest BCUT2D eigenvalue weighted by atomic mass is 35.5. The molecule has 0 fully saturated rings. The standard InChI is InChI=1S/C17H15Cl2N5O2/c1-3-11(18)14(12(19)4-2)24-9-22-15(20)13(17(24)26)16(25)23-10-6-5-7-21-8-10/h3-9H,1,20H2,2H3,(H,23,25)/b12-4+,14-11-. The van der Waals surface area contributed by atoms with Crippen LogP contribution in [0, 0.1) is 0 Å². The molecule has 2 aromatic heterocycles. The van der Waals surface area contributed by atoms with E-state index in [9.17, 15) is 9.59 Å². The molecule has 0 saturated heterocycles. The van der Waals surface area contributed by atoms with Gasteiger partial charge in [0.2, 0.25) is 0 Å². The molecule has 26 heavy (non-hydrogen) atoms. The molecule has 0 spiro atoms. The van der Waals surface area contributed by atoms with E-state index in [2.05, 4.69) is 21.9 Å². The highest BCUT2D eigenvalue weighted by Gasteiger charge is 2.21. The van der Waals surface area contributed by atoms with Gasteiger partial charge in [0.05, 0.1) is 27.6 Å². The second-order valence-electron chi connectivity index (χ2n) is 4.91. The van der Waals surface area contributed by atoms with Gasteiger partial charge in [0.15, 0.2) is 0 Å². The summed E-state index contributed by atoms with van der Waals surface area (Å²) in [5.74, 6) is -0.952. The molecule has 0 aromatic carbocycles. The fourth-order valence-corrected chi connectivity index (χ4v) is 2.48. The first-order valence-electron chi connectivity index (χ1n) is 7.34. The predicted molar refractivity (Wildman–Crippen MR) is 104 cm³/mol. The molecular weight excluding hydrogens is 377 g/mol. The van der Waals surface area contributed by atoms with Gasteiger partial charge in [-0.25, -0.2) is 4.98 Å². The number of aromatic nitrogens is 3. The van der Waals surface area contributed by atoms with E-state index < -0.39 is 11.5 Å². The molecule has 0 aliphatic heterocycles. The third-order valence-corrected chi connectivity index (χ3v) is 4.00. The molecule has 0 unspecified atom stereocenters. The number of halogens is 2. The maximum Gasteiger partial charge on any atom is 0.273 e. The minimum absolute atomic E-state index is 0.111. The van der Waals surface area contributed by atoms with E-state index >= 15 is 0 Å². The Morgan fingerprint density at radius 3 is 2.73 bits per heavy atom. The van der Waals surface area contributed by atoms with Gasteiger partial charge in [0.25, 0.3) is 11.5 Å². The van der Waals surface area contributed by atoms with Crippen LogP contribution in [0.15, 0.2) is 64.4 Å². The zero-order valence-electron chi connectivity index (χ0n) is 13.7. The number of nitrogens with two attached hydrogens (primary N) is 1. The van der Waals surface area contributed by atoms with E-state index in [1.807, 2.05) is 0 Å². The molecule has 1 amide bonds. The summed E-state index contributed by atoms with van der Waals surface area (Å²) < 4.78 is 1.04. The predicted octanol–water partition coefficient (Wildman–Crippen LogP) is 3.21. The van der Waals surface area contributed by atoms with Crippen molar-refractivity contribution in [3.8, 4) is 0 Å². The van der Waals surface area contributed by atoms with Crippen molar-refractivity contribution in [1.82, 2.24) is 14.5 Å². The number of hydrogen-bond acceptors (Lipinski definition) is 5. The van der Waals surface area contributed by atoms with Gasteiger partial charge in [0.1, 0.15) is 17.7 Å². The van der Waals surface area contributed by atoms with Crippen LogP contribution >= 0.6 is 23.2 Å². The van der Waals surface area contributed by atoms with E-state index in [0.29, 0.717) is 5.69 Å². The SMILES string of the molecule is C=C/C(Cl)=C(\C(Cl)=C/C)n1cnc(N)c(C(=O)Nc2cccnc2)c1=O. The molecule has 9 heteroatoms. The largest absolute Gasteiger partial charge is 0.383 e.